The van der Waals surface area contributed by atoms with Gasteiger partial charge in [0.25, 0.3) is 0 Å². The Hall–Kier alpha value is -1.73. The smallest absolute Gasteiger partial charge is 0.312 e. The normalized spacial score (nSPS) is 10.9. The minimum Gasteiger partial charge on any atom is -0.502 e. The SMILES string of the molecule is O=[N+]([O-])c1cc(Br)cc(C=Nc2ccc(Br)cc2)c1O. The van der Waals surface area contributed by atoms with Crippen molar-refractivity contribution in [3.05, 3.63) is 61.0 Å². The Kier molecular flexibility index (Phi) is 4.51. The van der Waals surface area contributed by atoms with Gasteiger partial charge in [-0.15, -0.1) is 0 Å². The summed E-state index contributed by atoms with van der Waals surface area (Å²) in [6, 6.07) is 10.0. The Bertz CT molecular complexity index is 685. The van der Waals surface area contributed by atoms with Gasteiger partial charge in [-0.1, -0.05) is 31.9 Å². The van der Waals surface area contributed by atoms with Crippen molar-refractivity contribution in [3.8, 4) is 5.75 Å². The molecule has 0 unspecified atom stereocenters. The minimum atomic E-state index is -0.642. The van der Waals surface area contributed by atoms with Gasteiger partial charge in [0.2, 0.25) is 5.75 Å². The van der Waals surface area contributed by atoms with Crippen LogP contribution in [0.4, 0.5) is 11.4 Å². The summed E-state index contributed by atoms with van der Waals surface area (Å²) in [5.41, 5.74) is 0.584. The molecule has 0 spiro atoms. The van der Waals surface area contributed by atoms with Crippen molar-refractivity contribution in [1.29, 1.82) is 0 Å². The molecular formula is C13H8Br2N2O3. The van der Waals surface area contributed by atoms with Crippen LogP contribution in [-0.4, -0.2) is 16.2 Å². The van der Waals surface area contributed by atoms with Crippen LogP contribution >= 0.6 is 31.9 Å². The van der Waals surface area contributed by atoms with E-state index >= 15 is 0 Å². The Labute approximate surface area is 131 Å². The van der Waals surface area contributed by atoms with Crippen molar-refractivity contribution >= 4 is 49.4 Å². The lowest BCUT2D eigenvalue weighted by Crippen LogP contribution is -1.92. The van der Waals surface area contributed by atoms with E-state index in [1.165, 1.54) is 12.3 Å². The predicted octanol–water partition coefficient (Wildman–Crippen LogP) is 4.58. The summed E-state index contributed by atoms with van der Waals surface area (Å²) in [6.07, 6.45) is 1.39. The second kappa shape index (κ2) is 6.15. The molecule has 0 aliphatic carbocycles. The average Bonchev–Trinajstić information content (AvgIpc) is 2.41. The van der Waals surface area contributed by atoms with Gasteiger partial charge in [0, 0.05) is 26.8 Å². The molecule has 0 atom stereocenters. The lowest BCUT2D eigenvalue weighted by Gasteiger charge is -2.01. The van der Waals surface area contributed by atoms with Crippen LogP contribution in [0.5, 0.6) is 5.75 Å². The van der Waals surface area contributed by atoms with Crippen LogP contribution in [0.2, 0.25) is 0 Å². The molecule has 0 aliphatic heterocycles. The van der Waals surface area contributed by atoms with Gasteiger partial charge in [-0.05, 0) is 30.3 Å². The van der Waals surface area contributed by atoms with Gasteiger partial charge in [0.05, 0.1) is 10.6 Å². The maximum absolute atomic E-state index is 10.8. The van der Waals surface area contributed by atoms with E-state index in [1.54, 1.807) is 18.2 Å². The quantitative estimate of drug-likeness (QED) is 0.466. The third kappa shape index (κ3) is 3.43. The lowest BCUT2D eigenvalue weighted by molar-refractivity contribution is -0.385. The van der Waals surface area contributed by atoms with E-state index in [1.807, 2.05) is 12.1 Å². The summed E-state index contributed by atoms with van der Waals surface area (Å²) in [6.45, 7) is 0. The highest BCUT2D eigenvalue weighted by Gasteiger charge is 2.17. The van der Waals surface area contributed by atoms with E-state index < -0.39 is 10.7 Å². The molecule has 20 heavy (non-hydrogen) atoms. The van der Waals surface area contributed by atoms with Crippen LogP contribution in [-0.2, 0) is 0 Å². The zero-order chi connectivity index (χ0) is 14.7. The molecule has 0 heterocycles. The van der Waals surface area contributed by atoms with Crippen molar-refractivity contribution in [1.82, 2.24) is 0 Å². The number of aromatic hydroxyl groups is 1. The molecular weight excluding hydrogens is 392 g/mol. The number of phenols is 1. The van der Waals surface area contributed by atoms with Crippen molar-refractivity contribution in [2.24, 2.45) is 4.99 Å². The molecule has 0 fully saturated rings. The summed E-state index contributed by atoms with van der Waals surface area (Å²) in [5.74, 6) is -0.404. The first-order chi connectivity index (χ1) is 9.47. The molecule has 0 aromatic heterocycles. The summed E-state index contributed by atoms with van der Waals surface area (Å²) < 4.78 is 1.43. The highest BCUT2D eigenvalue weighted by molar-refractivity contribution is 9.10. The van der Waals surface area contributed by atoms with Crippen molar-refractivity contribution in [2.45, 2.75) is 0 Å². The Morgan fingerprint density at radius 2 is 1.80 bits per heavy atom. The van der Waals surface area contributed by atoms with E-state index in [-0.39, 0.29) is 11.3 Å². The Morgan fingerprint density at radius 1 is 1.15 bits per heavy atom. The summed E-state index contributed by atoms with van der Waals surface area (Å²) in [4.78, 5) is 14.3. The number of hydrogen-bond acceptors (Lipinski definition) is 4. The van der Waals surface area contributed by atoms with Crippen LogP contribution in [0.15, 0.2) is 50.3 Å². The van der Waals surface area contributed by atoms with Gasteiger partial charge in [-0.25, -0.2) is 0 Å². The van der Waals surface area contributed by atoms with Gasteiger partial charge in [0.15, 0.2) is 0 Å². The van der Waals surface area contributed by atoms with E-state index in [4.69, 9.17) is 0 Å². The third-order valence-electron chi connectivity index (χ3n) is 2.46. The first kappa shape index (κ1) is 14.7. The standard InChI is InChI=1S/C13H8Br2N2O3/c14-9-1-3-11(4-2-9)16-7-8-5-10(15)6-12(13(8)18)17(19)20/h1-7,18H. The zero-order valence-corrected chi connectivity index (χ0v) is 13.1. The number of phenolic OH excluding ortho intramolecular Hbond substituents is 1. The number of nitro benzene ring substituents is 1. The predicted molar refractivity (Wildman–Crippen MR) is 83.9 cm³/mol. The molecule has 2 aromatic rings. The molecule has 7 heteroatoms. The monoisotopic (exact) mass is 398 g/mol. The average molecular weight is 400 g/mol. The molecule has 0 bridgehead atoms. The van der Waals surface area contributed by atoms with Crippen LogP contribution in [0.25, 0.3) is 0 Å². The van der Waals surface area contributed by atoms with Crippen LogP contribution < -0.4 is 0 Å². The number of halogens is 2. The van der Waals surface area contributed by atoms with Gasteiger partial charge >= 0.3 is 5.69 Å². The Balaban J connectivity index is 2.38. The minimum absolute atomic E-state index is 0.272. The van der Waals surface area contributed by atoms with Gasteiger partial charge in [-0.3, -0.25) is 15.1 Å². The largest absolute Gasteiger partial charge is 0.502 e. The van der Waals surface area contributed by atoms with Crippen molar-refractivity contribution < 1.29 is 10.0 Å². The number of hydrogen-bond donors (Lipinski definition) is 1. The maximum atomic E-state index is 10.8. The molecule has 0 radical (unpaired) electrons. The van der Waals surface area contributed by atoms with Crippen LogP contribution in [0.3, 0.4) is 0 Å². The molecule has 102 valence electrons. The van der Waals surface area contributed by atoms with E-state index in [2.05, 4.69) is 36.9 Å². The summed E-state index contributed by atoms with van der Waals surface area (Å²) >= 11 is 6.48. The Morgan fingerprint density at radius 3 is 2.40 bits per heavy atom. The first-order valence-electron chi connectivity index (χ1n) is 5.44. The van der Waals surface area contributed by atoms with E-state index in [9.17, 15) is 15.2 Å². The fourth-order valence-corrected chi connectivity index (χ4v) is 2.24. The van der Waals surface area contributed by atoms with E-state index in [0.29, 0.717) is 10.2 Å². The molecule has 0 saturated carbocycles. The number of nitro groups is 1. The van der Waals surface area contributed by atoms with Gasteiger partial charge in [0.1, 0.15) is 0 Å². The summed E-state index contributed by atoms with van der Waals surface area (Å²) in [5, 5.41) is 20.7. The van der Waals surface area contributed by atoms with Crippen LogP contribution in [0, 0.1) is 10.1 Å². The summed E-state index contributed by atoms with van der Waals surface area (Å²) in [7, 11) is 0. The topological polar surface area (TPSA) is 75.7 Å². The van der Waals surface area contributed by atoms with Crippen LogP contribution in [0.1, 0.15) is 5.56 Å². The fourth-order valence-electron chi connectivity index (χ4n) is 1.51. The number of nitrogens with zero attached hydrogens (tertiary/aromatic N) is 2. The second-order valence-corrected chi connectivity index (χ2v) is 5.69. The van der Waals surface area contributed by atoms with Gasteiger partial charge < -0.3 is 5.11 Å². The molecule has 0 saturated heterocycles. The molecule has 2 rings (SSSR count). The molecule has 0 aliphatic rings. The second-order valence-electron chi connectivity index (χ2n) is 3.85. The zero-order valence-electron chi connectivity index (χ0n) is 9.96. The van der Waals surface area contributed by atoms with E-state index in [0.717, 1.165) is 4.47 Å². The fraction of sp³-hybridized carbons (Fsp3) is 0. The molecule has 2 aromatic carbocycles. The molecule has 0 amide bonds. The third-order valence-corrected chi connectivity index (χ3v) is 3.45. The number of aliphatic imine (C=N–C) groups is 1. The van der Waals surface area contributed by atoms with Crippen molar-refractivity contribution in [3.63, 3.8) is 0 Å². The maximum Gasteiger partial charge on any atom is 0.312 e. The van der Waals surface area contributed by atoms with Crippen molar-refractivity contribution in [2.75, 3.05) is 0 Å². The molecule has 5 nitrogen and oxygen atoms in total. The highest BCUT2D eigenvalue weighted by atomic mass is 79.9. The lowest BCUT2D eigenvalue weighted by atomic mass is 10.2. The number of rotatable bonds is 3. The van der Waals surface area contributed by atoms with Gasteiger partial charge in [-0.2, -0.15) is 0 Å². The first-order valence-corrected chi connectivity index (χ1v) is 7.02. The number of benzene rings is 2. The highest BCUT2D eigenvalue weighted by Crippen LogP contribution is 2.32. The molecule has 1 N–H and O–H groups in total.